The molecule has 2 N–H and O–H groups in total. The number of carbonyl (C=O) groups excluding carboxylic acids is 1. The molecular weight excluding hydrogens is 324 g/mol. The second kappa shape index (κ2) is 10.9. The average molecular weight is 350 g/mol. The molecule has 0 atom stereocenters. The molecule has 0 aliphatic rings. The maximum absolute atomic E-state index is 12.1. The Morgan fingerprint density at radius 2 is 1.77 bits per heavy atom. The first-order chi connectivity index (χ1) is 12.7. The molecule has 0 fully saturated rings. The molecule has 0 spiro atoms. The molecule has 0 aliphatic heterocycles. The molecule has 0 radical (unpaired) electrons. The van der Waals surface area contributed by atoms with E-state index in [1.54, 1.807) is 24.4 Å². The number of hydrogen-bond donors (Lipinski definition) is 2. The Bertz CT molecular complexity index is 752. The number of hydrazone groups is 1. The Morgan fingerprint density at radius 1 is 1.04 bits per heavy atom. The van der Waals surface area contributed by atoms with Gasteiger partial charge in [0.15, 0.2) is 0 Å². The number of carbonyl (C=O) groups is 1. The van der Waals surface area contributed by atoms with Crippen LogP contribution in [0.15, 0.2) is 65.3 Å². The molecule has 0 aliphatic carbocycles. The Morgan fingerprint density at radius 3 is 2.50 bits per heavy atom. The molecule has 136 valence electrons. The molecule has 0 unspecified atom stereocenters. The summed E-state index contributed by atoms with van der Waals surface area (Å²) in [5.41, 5.74) is 4.86. The van der Waals surface area contributed by atoms with Crippen LogP contribution in [-0.4, -0.2) is 17.2 Å². The second-order valence-electron chi connectivity index (χ2n) is 6.16. The number of phenols is 1. The van der Waals surface area contributed by atoms with Gasteiger partial charge in [0.1, 0.15) is 5.75 Å². The number of amides is 1. The summed E-state index contributed by atoms with van der Waals surface area (Å²) in [5, 5.41) is 13.8. The van der Waals surface area contributed by atoms with E-state index in [9.17, 15) is 9.90 Å². The van der Waals surface area contributed by atoms with Gasteiger partial charge in [0, 0.05) is 0 Å². The maximum atomic E-state index is 12.1. The molecule has 0 saturated heterocycles. The fourth-order valence-electron chi connectivity index (χ4n) is 2.59. The molecule has 26 heavy (non-hydrogen) atoms. The van der Waals surface area contributed by atoms with Crippen molar-refractivity contribution in [2.75, 3.05) is 0 Å². The summed E-state index contributed by atoms with van der Waals surface area (Å²) >= 11 is 0. The maximum Gasteiger partial charge on any atom is 0.275 e. The highest BCUT2D eigenvalue weighted by molar-refractivity contribution is 5.97. The normalized spacial score (nSPS) is 11.7. The van der Waals surface area contributed by atoms with Crippen LogP contribution in [0.3, 0.4) is 0 Å². The number of nitrogens with one attached hydrogen (secondary N) is 1. The predicted octanol–water partition coefficient (Wildman–Crippen LogP) is 5.16. The van der Waals surface area contributed by atoms with Gasteiger partial charge in [0.25, 0.3) is 5.91 Å². The van der Waals surface area contributed by atoms with Gasteiger partial charge in [-0.05, 0) is 36.1 Å². The molecule has 1 amide bonds. The first kappa shape index (κ1) is 19.4. The smallest absolute Gasteiger partial charge is 0.275 e. The average Bonchev–Trinajstić information content (AvgIpc) is 2.66. The zero-order valence-corrected chi connectivity index (χ0v) is 15.2. The number of rotatable bonds is 9. The van der Waals surface area contributed by atoms with Crippen LogP contribution in [0.4, 0.5) is 0 Å². The van der Waals surface area contributed by atoms with E-state index in [1.165, 1.54) is 25.3 Å². The van der Waals surface area contributed by atoms with Crippen molar-refractivity contribution in [1.82, 2.24) is 5.43 Å². The molecule has 4 nitrogen and oxygen atoms in total. The van der Waals surface area contributed by atoms with Crippen molar-refractivity contribution in [1.29, 1.82) is 0 Å². The third-order valence-corrected chi connectivity index (χ3v) is 4.02. The summed E-state index contributed by atoms with van der Waals surface area (Å²) in [6.07, 6.45) is 9.37. The van der Waals surface area contributed by atoms with E-state index in [0.29, 0.717) is 0 Å². The summed E-state index contributed by atoms with van der Waals surface area (Å²) in [4.78, 5) is 12.1. The van der Waals surface area contributed by atoms with E-state index >= 15 is 0 Å². The number of unbranched alkanes of at least 4 members (excludes halogenated alkanes) is 3. The molecule has 0 aromatic heterocycles. The minimum absolute atomic E-state index is 0.0557. The highest BCUT2D eigenvalue weighted by atomic mass is 16.3. The van der Waals surface area contributed by atoms with Crippen LogP contribution in [0.1, 0.15) is 54.9 Å². The van der Waals surface area contributed by atoms with Crippen molar-refractivity contribution < 1.29 is 9.90 Å². The van der Waals surface area contributed by atoms with Crippen molar-refractivity contribution in [3.05, 3.63) is 71.3 Å². The highest BCUT2D eigenvalue weighted by Gasteiger charge is 2.08. The van der Waals surface area contributed by atoms with Gasteiger partial charge in [-0.1, -0.05) is 74.7 Å². The topological polar surface area (TPSA) is 61.7 Å². The number of aromatic hydroxyl groups is 1. The van der Waals surface area contributed by atoms with Gasteiger partial charge < -0.3 is 5.11 Å². The summed E-state index contributed by atoms with van der Waals surface area (Å²) in [6, 6.07) is 16.5. The van der Waals surface area contributed by atoms with Crippen LogP contribution in [0, 0.1) is 0 Å². The molecule has 4 heteroatoms. The van der Waals surface area contributed by atoms with E-state index in [1.807, 2.05) is 30.3 Å². The minimum atomic E-state index is -0.426. The number of benzene rings is 2. The van der Waals surface area contributed by atoms with Crippen LogP contribution >= 0.6 is 0 Å². The van der Waals surface area contributed by atoms with E-state index in [-0.39, 0.29) is 11.3 Å². The van der Waals surface area contributed by atoms with Crippen LogP contribution in [-0.2, 0) is 0 Å². The minimum Gasteiger partial charge on any atom is -0.507 e. The van der Waals surface area contributed by atoms with Gasteiger partial charge in [-0.2, -0.15) is 5.10 Å². The fraction of sp³-hybridized carbons (Fsp3) is 0.273. The standard InChI is InChI=1S/C22H26N2O2/c1-2-3-4-6-13-19(16-18-11-7-5-8-12-18)17-23-24-22(26)20-14-9-10-15-21(20)25/h5,7-12,14-17,25H,2-4,6,13H2,1H3,(H,24,26)/b19-16-,23-17+. The SMILES string of the molecule is CCCCCCC(=C/c1ccccc1)/C=N/NC(=O)c1ccccc1O. The molecule has 2 rings (SSSR count). The summed E-state index contributed by atoms with van der Waals surface area (Å²) in [7, 11) is 0. The van der Waals surface area contributed by atoms with Crippen LogP contribution < -0.4 is 5.43 Å². The van der Waals surface area contributed by atoms with Crippen LogP contribution in [0.5, 0.6) is 5.75 Å². The molecular formula is C22H26N2O2. The number of allylic oxidation sites excluding steroid dienone is 1. The Kier molecular flexibility index (Phi) is 8.13. The van der Waals surface area contributed by atoms with Crippen molar-refractivity contribution in [2.24, 2.45) is 5.10 Å². The van der Waals surface area contributed by atoms with Gasteiger partial charge >= 0.3 is 0 Å². The molecule has 0 bridgehead atoms. The molecule has 2 aromatic carbocycles. The lowest BCUT2D eigenvalue weighted by Gasteiger charge is -2.04. The number of nitrogens with zero attached hydrogens (tertiary/aromatic N) is 1. The quantitative estimate of drug-likeness (QED) is 0.373. The van der Waals surface area contributed by atoms with Gasteiger partial charge in [0.2, 0.25) is 0 Å². The van der Waals surface area contributed by atoms with E-state index in [2.05, 4.69) is 23.5 Å². The monoisotopic (exact) mass is 350 g/mol. The Balaban J connectivity index is 2.03. The zero-order chi connectivity index (χ0) is 18.6. The van der Waals surface area contributed by atoms with Crippen molar-refractivity contribution >= 4 is 18.2 Å². The van der Waals surface area contributed by atoms with Gasteiger partial charge in [-0.3, -0.25) is 4.79 Å². The third kappa shape index (κ3) is 6.55. The first-order valence-electron chi connectivity index (χ1n) is 9.07. The largest absolute Gasteiger partial charge is 0.507 e. The number of phenolic OH excluding ortho intramolecular Hbond substituents is 1. The van der Waals surface area contributed by atoms with Crippen LogP contribution in [0.2, 0.25) is 0 Å². The summed E-state index contributed by atoms with van der Waals surface area (Å²) in [5.74, 6) is -0.482. The highest BCUT2D eigenvalue weighted by Crippen LogP contribution is 2.15. The van der Waals surface area contributed by atoms with Gasteiger partial charge in [-0.15, -0.1) is 0 Å². The fourth-order valence-corrected chi connectivity index (χ4v) is 2.59. The van der Waals surface area contributed by atoms with Crippen molar-refractivity contribution in [2.45, 2.75) is 39.0 Å². The third-order valence-electron chi connectivity index (χ3n) is 4.02. The summed E-state index contributed by atoms with van der Waals surface area (Å²) < 4.78 is 0. The van der Waals surface area contributed by atoms with E-state index < -0.39 is 5.91 Å². The zero-order valence-electron chi connectivity index (χ0n) is 15.2. The lowest BCUT2D eigenvalue weighted by molar-refractivity contribution is 0.0952. The van der Waals surface area contributed by atoms with Gasteiger partial charge in [-0.25, -0.2) is 5.43 Å². The molecule has 0 saturated carbocycles. The van der Waals surface area contributed by atoms with E-state index in [4.69, 9.17) is 0 Å². The molecule has 0 heterocycles. The van der Waals surface area contributed by atoms with E-state index in [0.717, 1.165) is 24.0 Å². The lowest BCUT2D eigenvalue weighted by Crippen LogP contribution is -2.17. The Hall–Kier alpha value is -2.88. The Labute approximate surface area is 155 Å². The van der Waals surface area contributed by atoms with Gasteiger partial charge in [0.05, 0.1) is 11.8 Å². The summed E-state index contributed by atoms with van der Waals surface area (Å²) in [6.45, 7) is 2.19. The first-order valence-corrected chi connectivity index (χ1v) is 9.07. The lowest BCUT2D eigenvalue weighted by atomic mass is 10.0. The van der Waals surface area contributed by atoms with Crippen molar-refractivity contribution in [3.8, 4) is 5.75 Å². The predicted molar refractivity (Wildman–Crippen MR) is 107 cm³/mol. The van der Waals surface area contributed by atoms with Crippen molar-refractivity contribution in [3.63, 3.8) is 0 Å². The number of para-hydroxylation sites is 1. The number of hydrogen-bond acceptors (Lipinski definition) is 3. The van der Waals surface area contributed by atoms with Crippen LogP contribution in [0.25, 0.3) is 6.08 Å². The molecule has 2 aromatic rings. The second-order valence-corrected chi connectivity index (χ2v) is 6.16.